The first-order chi connectivity index (χ1) is 19.7. The zero-order chi connectivity index (χ0) is 29.4. The Morgan fingerprint density at radius 2 is 1.66 bits per heavy atom. The summed E-state index contributed by atoms with van der Waals surface area (Å²) in [5.74, 6) is 2.33. The van der Waals surface area contributed by atoms with Crippen LogP contribution in [0.1, 0.15) is 83.8 Å². The fraction of sp³-hybridized carbons (Fsp3) is 0.576. The molecule has 8 nitrogen and oxygen atoms in total. The van der Waals surface area contributed by atoms with Crippen LogP contribution in [0.25, 0.3) is 0 Å². The lowest BCUT2D eigenvalue weighted by molar-refractivity contribution is 0.00157. The molecule has 41 heavy (non-hydrogen) atoms. The van der Waals surface area contributed by atoms with Crippen molar-refractivity contribution >= 4 is 12.2 Å². The van der Waals surface area contributed by atoms with E-state index in [1.165, 1.54) is 0 Å². The van der Waals surface area contributed by atoms with E-state index in [0.717, 1.165) is 50.5 Å². The fourth-order valence-corrected chi connectivity index (χ4v) is 6.03. The summed E-state index contributed by atoms with van der Waals surface area (Å²) in [7, 11) is 1.60. The van der Waals surface area contributed by atoms with Crippen LogP contribution >= 0.6 is 0 Å². The minimum atomic E-state index is -1.35. The number of ether oxygens (including phenoxy) is 4. The molecule has 0 saturated heterocycles. The van der Waals surface area contributed by atoms with Crippen LogP contribution in [0.5, 0.6) is 11.5 Å². The van der Waals surface area contributed by atoms with E-state index in [2.05, 4.69) is 31.4 Å². The van der Waals surface area contributed by atoms with Crippen molar-refractivity contribution in [2.24, 2.45) is 17.8 Å². The highest BCUT2D eigenvalue weighted by atomic mass is 16.6. The molecular formula is C33H46N2O6. The highest BCUT2D eigenvalue weighted by Gasteiger charge is 2.37. The smallest absolute Gasteiger partial charge is 0.409 e. The first-order valence-corrected chi connectivity index (χ1v) is 15.0. The van der Waals surface area contributed by atoms with E-state index < -0.39 is 17.8 Å². The quantitative estimate of drug-likeness (QED) is 0.293. The van der Waals surface area contributed by atoms with Crippen LogP contribution in [-0.2, 0) is 21.7 Å². The largest absolute Gasteiger partial charge is 0.493 e. The van der Waals surface area contributed by atoms with Gasteiger partial charge in [-0.15, -0.1) is 0 Å². The van der Waals surface area contributed by atoms with Gasteiger partial charge in [0.25, 0.3) is 0 Å². The molecule has 4 unspecified atom stereocenters. The van der Waals surface area contributed by atoms with Gasteiger partial charge in [-0.05, 0) is 80.9 Å². The summed E-state index contributed by atoms with van der Waals surface area (Å²) >= 11 is 0. The van der Waals surface area contributed by atoms with Crippen molar-refractivity contribution < 1.29 is 28.5 Å². The molecule has 2 fully saturated rings. The lowest BCUT2D eigenvalue weighted by Gasteiger charge is -2.38. The first-order valence-electron chi connectivity index (χ1n) is 15.0. The van der Waals surface area contributed by atoms with E-state index in [0.29, 0.717) is 34.8 Å². The van der Waals surface area contributed by atoms with Crippen molar-refractivity contribution in [3.63, 3.8) is 0 Å². The maximum Gasteiger partial charge on any atom is 0.409 e. The number of alkyl carbamates (subject to hydrolysis) is 2. The third-order valence-electron chi connectivity index (χ3n) is 8.47. The summed E-state index contributed by atoms with van der Waals surface area (Å²) in [4.78, 5) is 26.5. The first kappa shape index (κ1) is 30.5. The SMILES string of the molecule is COc1ccc(C(C)(NC(=O)OCc2ccccc2)NC(=O)OC2CC(C)CCC2C(C)C)cc1OC1CCCC1. The highest BCUT2D eigenvalue weighted by molar-refractivity contribution is 5.73. The summed E-state index contributed by atoms with van der Waals surface area (Å²) in [5.41, 5.74) is 0.121. The number of benzene rings is 2. The van der Waals surface area contributed by atoms with Gasteiger partial charge in [-0.1, -0.05) is 63.6 Å². The molecule has 2 saturated carbocycles. The Labute approximate surface area is 244 Å². The van der Waals surface area contributed by atoms with Crippen LogP contribution in [0.4, 0.5) is 9.59 Å². The minimum Gasteiger partial charge on any atom is -0.493 e. The number of amides is 2. The van der Waals surface area contributed by atoms with Crippen molar-refractivity contribution in [2.45, 2.75) is 97.1 Å². The standard InChI is InChI=1S/C33H46N2O6/c1-22(2)27-17-15-23(3)19-29(27)41-32(37)35-33(4,34-31(36)39-21-24-11-7-6-8-12-24)25-16-18-28(38-5)30(20-25)40-26-13-9-10-14-26/h6-8,11-12,16,18,20,22-23,26-27,29H,9-10,13-15,17,19,21H2,1-5H3,(H,34,36)(H,35,37). The Morgan fingerprint density at radius 3 is 2.34 bits per heavy atom. The lowest BCUT2D eigenvalue weighted by Crippen LogP contribution is -2.57. The molecule has 0 aliphatic heterocycles. The second kappa shape index (κ2) is 14.0. The number of hydrogen-bond acceptors (Lipinski definition) is 6. The van der Waals surface area contributed by atoms with Crippen molar-refractivity contribution in [2.75, 3.05) is 7.11 Å². The van der Waals surface area contributed by atoms with Crippen LogP contribution in [0.2, 0.25) is 0 Å². The van der Waals surface area contributed by atoms with Gasteiger partial charge in [0, 0.05) is 5.56 Å². The zero-order valence-electron chi connectivity index (χ0n) is 25.1. The van der Waals surface area contributed by atoms with Crippen molar-refractivity contribution in [3.8, 4) is 11.5 Å². The molecule has 224 valence electrons. The molecule has 0 heterocycles. The average Bonchev–Trinajstić information content (AvgIpc) is 3.45. The molecule has 2 aromatic carbocycles. The molecule has 4 rings (SSSR count). The normalized spacial score (nSPS) is 22.4. The number of carbonyl (C=O) groups excluding carboxylic acids is 2. The molecule has 4 atom stereocenters. The van der Waals surface area contributed by atoms with Gasteiger partial charge in [-0.2, -0.15) is 0 Å². The van der Waals surface area contributed by atoms with Crippen LogP contribution in [0, 0.1) is 17.8 Å². The zero-order valence-corrected chi connectivity index (χ0v) is 25.1. The van der Waals surface area contributed by atoms with Crippen LogP contribution < -0.4 is 20.1 Å². The number of methoxy groups -OCH3 is 1. The number of nitrogens with one attached hydrogen (secondary N) is 2. The molecular weight excluding hydrogens is 520 g/mol. The Hall–Kier alpha value is -3.42. The van der Waals surface area contributed by atoms with E-state index in [-0.39, 0.29) is 18.8 Å². The average molecular weight is 567 g/mol. The van der Waals surface area contributed by atoms with Gasteiger partial charge in [0.05, 0.1) is 13.2 Å². The summed E-state index contributed by atoms with van der Waals surface area (Å²) in [6.07, 6.45) is 5.86. The van der Waals surface area contributed by atoms with E-state index in [1.54, 1.807) is 26.2 Å². The van der Waals surface area contributed by atoms with Crippen molar-refractivity contribution in [1.29, 1.82) is 0 Å². The third-order valence-corrected chi connectivity index (χ3v) is 8.47. The number of rotatable bonds is 10. The number of hydrogen-bond donors (Lipinski definition) is 2. The van der Waals surface area contributed by atoms with Gasteiger partial charge >= 0.3 is 12.2 Å². The molecule has 2 aromatic rings. The van der Waals surface area contributed by atoms with E-state index in [1.807, 2.05) is 36.4 Å². The fourth-order valence-electron chi connectivity index (χ4n) is 6.03. The van der Waals surface area contributed by atoms with E-state index in [9.17, 15) is 9.59 Å². The topological polar surface area (TPSA) is 95.1 Å². The minimum absolute atomic E-state index is 0.0991. The van der Waals surface area contributed by atoms with Gasteiger partial charge in [-0.25, -0.2) is 9.59 Å². The van der Waals surface area contributed by atoms with Crippen molar-refractivity contribution in [3.05, 3.63) is 59.7 Å². The Morgan fingerprint density at radius 1 is 0.951 bits per heavy atom. The summed E-state index contributed by atoms with van der Waals surface area (Å²) < 4.78 is 23.5. The van der Waals surface area contributed by atoms with Crippen molar-refractivity contribution in [1.82, 2.24) is 10.6 Å². The molecule has 0 spiro atoms. The van der Waals surface area contributed by atoms with Gasteiger partial charge in [0.2, 0.25) is 0 Å². The van der Waals surface area contributed by atoms with Crippen LogP contribution in [0.15, 0.2) is 48.5 Å². The van der Waals surface area contributed by atoms with Crippen LogP contribution in [-0.4, -0.2) is 31.5 Å². The molecule has 2 aliphatic carbocycles. The molecule has 8 heteroatoms. The van der Waals surface area contributed by atoms with Crippen LogP contribution in [0.3, 0.4) is 0 Å². The predicted octanol–water partition coefficient (Wildman–Crippen LogP) is 7.30. The molecule has 0 aromatic heterocycles. The van der Waals surface area contributed by atoms with Gasteiger partial charge in [-0.3, -0.25) is 10.6 Å². The summed E-state index contributed by atoms with van der Waals surface area (Å²) in [6, 6.07) is 14.9. The number of carbonyl (C=O) groups is 2. The summed E-state index contributed by atoms with van der Waals surface area (Å²) in [6.45, 7) is 8.37. The van der Waals surface area contributed by atoms with Gasteiger partial charge in [0.1, 0.15) is 18.4 Å². The Bertz CT molecular complexity index is 1150. The summed E-state index contributed by atoms with van der Waals surface area (Å²) in [5, 5.41) is 5.83. The third kappa shape index (κ3) is 8.30. The van der Waals surface area contributed by atoms with Gasteiger partial charge < -0.3 is 18.9 Å². The molecule has 2 aliphatic rings. The predicted molar refractivity (Wildman–Crippen MR) is 158 cm³/mol. The Kier molecular flexibility index (Phi) is 10.4. The van der Waals surface area contributed by atoms with E-state index in [4.69, 9.17) is 18.9 Å². The molecule has 2 amide bonds. The van der Waals surface area contributed by atoms with E-state index >= 15 is 0 Å². The molecule has 0 bridgehead atoms. The lowest BCUT2D eigenvalue weighted by atomic mass is 9.75. The maximum absolute atomic E-state index is 13.4. The Balaban J connectivity index is 1.56. The molecule has 2 N–H and O–H groups in total. The monoisotopic (exact) mass is 566 g/mol. The van der Waals surface area contributed by atoms with Gasteiger partial charge in [0.15, 0.2) is 11.5 Å². The maximum atomic E-state index is 13.4. The molecule has 0 radical (unpaired) electrons. The second-order valence-corrected chi connectivity index (χ2v) is 12.1. The highest BCUT2D eigenvalue weighted by Crippen LogP contribution is 2.37. The second-order valence-electron chi connectivity index (χ2n) is 12.1.